The van der Waals surface area contributed by atoms with Gasteiger partial charge in [-0.3, -0.25) is 4.57 Å². The van der Waals surface area contributed by atoms with Crippen molar-refractivity contribution in [1.82, 2.24) is 9.88 Å². The zero-order valence-electron chi connectivity index (χ0n) is 16.0. The van der Waals surface area contributed by atoms with Crippen LogP contribution in [0.2, 0.25) is 0 Å². The predicted octanol–water partition coefficient (Wildman–Crippen LogP) is 4.59. The van der Waals surface area contributed by atoms with E-state index in [9.17, 15) is 9.90 Å². The summed E-state index contributed by atoms with van der Waals surface area (Å²) < 4.78 is 6.75. The lowest BCUT2D eigenvalue weighted by atomic mass is 9.99. The molecular formula is C23H26N2O3. The van der Waals surface area contributed by atoms with Crippen molar-refractivity contribution >= 4 is 17.0 Å². The van der Waals surface area contributed by atoms with Crippen LogP contribution in [0.15, 0.2) is 73.4 Å². The van der Waals surface area contributed by atoms with E-state index in [0.29, 0.717) is 13.0 Å². The second kappa shape index (κ2) is 9.35. The normalized spacial score (nSPS) is 13.2. The van der Waals surface area contributed by atoms with Gasteiger partial charge >= 0.3 is 6.09 Å². The van der Waals surface area contributed by atoms with Gasteiger partial charge in [-0.1, -0.05) is 54.6 Å². The van der Waals surface area contributed by atoms with Gasteiger partial charge in [-0.25, -0.2) is 4.79 Å². The van der Waals surface area contributed by atoms with E-state index in [4.69, 9.17) is 4.74 Å². The molecule has 3 rings (SSSR count). The van der Waals surface area contributed by atoms with E-state index in [1.54, 1.807) is 11.5 Å². The summed E-state index contributed by atoms with van der Waals surface area (Å²) in [7, 11) is 0. The SMILES string of the molecule is C=CC[C@H](N[C@H](CO)c1ccccc1)c1cn(C(=O)OCC)c2ccccc12. The van der Waals surface area contributed by atoms with Crippen LogP contribution in [-0.4, -0.2) is 29.0 Å². The number of carbonyl (C=O) groups excluding carboxylic acids is 1. The first-order valence-corrected chi connectivity index (χ1v) is 9.49. The van der Waals surface area contributed by atoms with Crippen molar-refractivity contribution in [2.45, 2.75) is 25.4 Å². The summed E-state index contributed by atoms with van der Waals surface area (Å²) in [4.78, 5) is 12.4. The molecule has 28 heavy (non-hydrogen) atoms. The molecule has 0 aliphatic heterocycles. The van der Waals surface area contributed by atoms with Gasteiger partial charge in [0.2, 0.25) is 0 Å². The van der Waals surface area contributed by atoms with Gasteiger partial charge in [-0.05, 0) is 30.5 Å². The zero-order chi connectivity index (χ0) is 19.9. The van der Waals surface area contributed by atoms with Crippen LogP contribution in [0.4, 0.5) is 4.79 Å². The summed E-state index contributed by atoms with van der Waals surface area (Å²) in [5.74, 6) is 0. The number of rotatable bonds is 8. The molecular weight excluding hydrogens is 352 g/mol. The number of aliphatic hydroxyl groups excluding tert-OH is 1. The van der Waals surface area contributed by atoms with E-state index in [1.807, 2.05) is 66.9 Å². The Morgan fingerprint density at radius 2 is 1.89 bits per heavy atom. The third-order valence-electron chi connectivity index (χ3n) is 4.77. The van der Waals surface area contributed by atoms with Crippen LogP contribution in [0, 0.1) is 0 Å². The van der Waals surface area contributed by atoms with E-state index >= 15 is 0 Å². The topological polar surface area (TPSA) is 63.5 Å². The van der Waals surface area contributed by atoms with E-state index in [2.05, 4.69) is 11.9 Å². The highest BCUT2D eigenvalue weighted by Crippen LogP contribution is 2.31. The number of hydrogen-bond acceptors (Lipinski definition) is 4. The Hall–Kier alpha value is -2.89. The number of nitrogens with one attached hydrogen (secondary N) is 1. The van der Waals surface area contributed by atoms with E-state index in [0.717, 1.165) is 22.0 Å². The van der Waals surface area contributed by atoms with E-state index in [-0.39, 0.29) is 18.7 Å². The number of hydrogen-bond donors (Lipinski definition) is 2. The van der Waals surface area contributed by atoms with Gasteiger partial charge in [0.15, 0.2) is 0 Å². The highest BCUT2D eigenvalue weighted by Gasteiger charge is 2.22. The number of benzene rings is 2. The fourth-order valence-corrected chi connectivity index (χ4v) is 3.46. The molecule has 2 atom stereocenters. The molecule has 0 bridgehead atoms. The van der Waals surface area contributed by atoms with Crippen LogP contribution < -0.4 is 5.32 Å². The lowest BCUT2D eigenvalue weighted by Gasteiger charge is -2.24. The van der Waals surface area contributed by atoms with Gasteiger partial charge in [0.1, 0.15) is 0 Å². The molecule has 5 heteroatoms. The minimum atomic E-state index is -0.399. The molecule has 1 heterocycles. The van der Waals surface area contributed by atoms with Crippen LogP contribution in [0.3, 0.4) is 0 Å². The molecule has 1 aromatic heterocycles. The average Bonchev–Trinajstić information content (AvgIpc) is 3.12. The summed E-state index contributed by atoms with van der Waals surface area (Å²) in [5.41, 5.74) is 2.78. The fraction of sp³-hybridized carbons (Fsp3) is 0.261. The fourth-order valence-electron chi connectivity index (χ4n) is 3.46. The van der Waals surface area contributed by atoms with Crippen molar-refractivity contribution in [3.63, 3.8) is 0 Å². The minimum absolute atomic E-state index is 0.0336. The number of aliphatic hydroxyl groups is 1. The van der Waals surface area contributed by atoms with Crippen LogP contribution >= 0.6 is 0 Å². The molecule has 5 nitrogen and oxygen atoms in total. The summed E-state index contributed by atoms with van der Waals surface area (Å²) in [6.45, 7) is 5.95. The largest absolute Gasteiger partial charge is 0.449 e. The number of para-hydroxylation sites is 1. The molecule has 0 amide bonds. The first-order chi connectivity index (χ1) is 13.7. The van der Waals surface area contributed by atoms with Crippen LogP contribution in [0.1, 0.15) is 36.6 Å². The lowest BCUT2D eigenvalue weighted by molar-refractivity contribution is 0.155. The minimum Gasteiger partial charge on any atom is -0.449 e. The quantitative estimate of drug-likeness (QED) is 0.563. The van der Waals surface area contributed by atoms with Gasteiger partial charge in [0, 0.05) is 17.6 Å². The van der Waals surface area contributed by atoms with Gasteiger partial charge < -0.3 is 15.2 Å². The second-order valence-electron chi connectivity index (χ2n) is 6.56. The average molecular weight is 378 g/mol. The molecule has 0 aliphatic carbocycles. The molecule has 0 aliphatic rings. The molecule has 146 valence electrons. The Balaban J connectivity index is 2.01. The molecule has 2 N–H and O–H groups in total. The van der Waals surface area contributed by atoms with Gasteiger partial charge in [-0.15, -0.1) is 6.58 Å². The molecule has 0 radical (unpaired) electrons. The van der Waals surface area contributed by atoms with Gasteiger partial charge in [0.25, 0.3) is 0 Å². The van der Waals surface area contributed by atoms with Crippen molar-refractivity contribution in [3.8, 4) is 0 Å². The molecule has 0 saturated carbocycles. The Labute approximate surface area is 165 Å². The standard InChI is InChI=1S/C23H26N2O3/c1-3-10-20(24-21(16-26)17-11-6-5-7-12-17)19-15-25(23(27)28-4-2)22-14-9-8-13-18(19)22/h3,5-9,11-15,20-21,24,26H,1,4,10,16H2,2H3/t20-,21+/m0/s1. The number of ether oxygens (including phenoxy) is 1. The zero-order valence-corrected chi connectivity index (χ0v) is 16.0. The molecule has 0 saturated heterocycles. The van der Waals surface area contributed by atoms with E-state index < -0.39 is 6.09 Å². The summed E-state index contributed by atoms with van der Waals surface area (Å²) in [6.07, 6.45) is 3.92. The van der Waals surface area contributed by atoms with E-state index in [1.165, 1.54) is 0 Å². The van der Waals surface area contributed by atoms with Crippen molar-refractivity contribution in [3.05, 3.63) is 84.6 Å². The van der Waals surface area contributed by atoms with Crippen molar-refractivity contribution in [2.24, 2.45) is 0 Å². The summed E-state index contributed by atoms with van der Waals surface area (Å²) >= 11 is 0. The van der Waals surface area contributed by atoms with Gasteiger partial charge in [-0.2, -0.15) is 0 Å². The maximum atomic E-state index is 12.4. The summed E-state index contributed by atoms with van der Waals surface area (Å²) in [6, 6.07) is 17.2. The van der Waals surface area contributed by atoms with Crippen LogP contribution in [0.5, 0.6) is 0 Å². The molecule has 3 aromatic rings. The predicted molar refractivity (Wildman–Crippen MR) is 111 cm³/mol. The van der Waals surface area contributed by atoms with Crippen LogP contribution in [0.25, 0.3) is 10.9 Å². The second-order valence-corrected chi connectivity index (χ2v) is 6.56. The van der Waals surface area contributed by atoms with Crippen LogP contribution in [-0.2, 0) is 4.74 Å². The van der Waals surface area contributed by atoms with Gasteiger partial charge in [0.05, 0.1) is 24.8 Å². The maximum absolute atomic E-state index is 12.4. The molecule has 0 fully saturated rings. The lowest BCUT2D eigenvalue weighted by Crippen LogP contribution is -2.28. The number of aromatic nitrogens is 1. The third-order valence-corrected chi connectivity index (χ3v) is 4.77. The Morgan fingerprint density at radius 3 is 2.57 bits per heavy atom. The van der Waals surface area contributed by atoms with Crippen molar-refractivity contribution < 1.29 is 14.6 Å². The first-order valence-electron chi connectivity index (χ1n) is 9.49. The number of nitrogens with zero attached hydrogens (tertiary/aromatic N) is 1. The number of carbonyl (C=O) groups is 1. The highest BCUT2D eigenvalue weighted by molar-refractivity contribution is 5.92. The molecule has 0 unspecified atom stereocenters. The smallest absolute Gasteiger partial charge is 0.418 e. The monoisotopic (exact) mass is 378 g/mol. The third kappa shape index (κ3) is 4.16. The highest BCUT2D eigenvalue weighted by atomic mass is 16.5. The Bertz CT molecular complexity index is 933. The molecule has 0 spiro atoms. The molecule has 2 aromatic carbocycles. The first kappa shape index (κ1) is 19.9. The van der Waals surface area contributed by atoms with Crippen molar-refractivity contribution in [1.29, 1.82) is 0 Å². The Kier molecular flexibility index (Phi) is 6.63. The van der Waals surface area contributed by atoms with Crippen molar-refractivity contribution in [2.75, 3.05) is 13.2 Å². The Morgan fingerprint density at radius 1 is 1.18 bits per heavy atom. The maximum Gasteiger partial charge on any atom is 0.418 e. The summed E-state index contributed by atoms with van der Waals surface area (Å²) in [5, 5.41) is 14.5. The number of fused-ring (bicyclic) bond motifs is 1.